The Morgan fingerprint density at radius 3 is 2.88 bits per heavy atom. The predicted molar refractivity (Wildman–Crippen MR) is 61.4 cm³/mol. The van der Waals surface area contributed by atoms with Gasteiger partial charge in [0.1, 0.15) is 0 Å². The van der Waals surface area contributed by atoms with Gasteiger partial charge < -0.3 is 20.1 Å². The van der Waals surface area contributed by atoms with Crippen LogP contribution in [0.15, 0.2) is 29.2 Å². The van der Waals surface area contributed by atoms with Crippen molar-refractivity contribution in [1.29, 1.82) is 0 Å². The molecule has 0 fully saturated rings. The molecule has 0 bridgehead atoms. The van der Waals surface area contributed by atoms with Gasteiger partial charge >= 0.3 is 0 Å². The minimum absolute atomic E-state index is 0.0129. The third kappa shape index (κ3) is 4.80. The van der Waals surface area contributed by atoms with Gasteiger partial charge in [-0.15, -0.1) is 0 Å². The lowest BCUT2D eigenvalue weighted by Crippen LogP contribution is -2.34. The van der Waals surface area contributed by atoms with Crippen molar-refractivity contribution in [2.75, 3.05) is 13.2 Å². The molecule has 3 N–H and O–H groups in total. The smallest absolute Gasteiger partial charge is 0.250 e. The summed E-state index contributed by atoms with van der Waals surface area (Å²) in [5.74, 6) is -0.270. The SMILES string of the molecule is O=C(CCn1ccccc1=O)NCC(O)CO. The number of aliphatic hydroxyl groups is 2. The molecule has 94 valence electrons. The molecule has 6 nitrogen and oxygen atoms in total. The quantitative estimate of drug-likeness (QED) is 0.577. The van der Waals surface area contributed by atoms with Crippen molar-refractivity contribution in [3.05, 3.63) is 34.7 Å². The fourth-order valence-electron chi connectivity index (χ4n) is 1.25. The molecule has 0 radical (unpaired) electrons. The van der Waals surface area contributed by atoms with E-state index in [1.54, 1.807) is 18.3 Å². The van der Waals surface area contributed by atoms with Crippen molar-refractivity contribution in [2.24, 2.45) is 0 Å². The summed E-state index contributed by atoms with van der Waals surface area (Å²) in [7, 11) is 0. The third-order valence-corrected chi connectivity index (χ3v) is 2.22. The van der Waals surface area contributed by atoms with Crippen LogP contribution >= 0.6 is 0 Å². The van der Waals surface area contributed by atoms with E-state index >= 15 is 0 Å². The zero-order chi connectivity index (χ0) is 12.7. The number of aryl methyl sites for hydroxylation is 1. The summed E-state index contributed by atoms with van der Waals surface area (Å²) in [5.41, 5.74) is -0.157. The average Bonchev–Trinajstić information content (AvgIpc) is 2.35. The van der Waals surface area contributed by atoms with Crippen molar-refractivity contribution in [3.8, 4) is 0 Å². The highest BCUT2D eigenvalue weighted by atomic mass is 16.3. The Labute approximate surface area is 98.5 Å². The van der Waals surface area contributed by atoms with E-state index in [1.165, 1.54) is 10.6 Å². The van der Waals surface area contributed by atoms with E-state index in [0.717, 1.165) is 0 Å². The Balaban J connectivity index is 2.34. The average molecular weight is 240 g/mol. The second kappa shape index (κ2) is 6.82. The Morgan fingerprint density at radius 1 is 1.47 bits per heavy atom. The van der Waals surface area contributed by atoms with Gasteiger partial charge in [-0.2, -0.15) is 0 Å². The molecular formula is C11H16N2O4. The van der Waals surface area contributed by atoms with Crippen LogP contribution in [0.4, 0.5) is 0 Å². The molecule has 0 aliphatic rings. The maximum absolute atomic E-state index is 11.3. The van der Waals surface area contributed by atoms with Gasteiger partial charge in [-0.1, -0.05) is 6.07 Å². The van der Waals surface area contributed by atoms with Gasteiger partial charge in [0, 0.05) is 31.8 Å². The van der Waals surface area contributed by atoms with Crippen LogP contribution in [0, 0.1) is 0 Å². The van der Waals surface area contributed by atoms with Gasteiger partial charge in [0.25, 0.3) is 5.56 Å². The Kier molecular flexibility index (Phi) is 5.38. The first kappa shape index (κ1) is 13.4. The molecule has 0 spiro atoms. The van der Waals surface area contributed by atoms with Crippen LogP contribution in [0.1, 0.15) is 6.42 Å². The van der Waals surface area contributed by atoms with Crippen molar-refractivity contribution in [1.82, 2.24) is 9.88 Å². The van der Waals surface area contributed by atoms with Gasteiger partial charge in [0.15, 0.2) is 0 Å². The number of nitrogens with one attached hydrogen (secondary N) is 1. The topological polar surface area (TPSA) is 91.6 Å². The Hall–Kier alpha value is -1.66. The molecule has 17 heavy (non-hydrogen) atoms. The molecule has 1 atom stereocenters. The second-order valence-corrected chi connectivity index (χ2v) is 3.62. The summed E-state index contributed by atoms with van der Waals surface area (Å²) in [5, 5.41) is 20.0. The Bertz CT molecular complexity index is 416. The van der Waals surface area contributed by atoms with Crippen LogP contribution < -0.4 is 10.9 Å². The molecule has 0 aliphatic carbocycles. The molecule has 0 aliphatic heterocycles. The summed E-state index contributed by atoms with van der Waals surface area (Å²) >= 11 is 0. The summed E-state index contributed by atoms with van der Waals surface area (Å²) in [6.45, 7) is -0.0851. The predicted octanol–water partition coefficient (Wildman–Crippen LogP) is -1.29. The molecule has 0 saturated carbocycles. The standard InChI is InChI=1S/C11H16N2O4/c14-8-9(15)7-12-10(16)4-6-13-5-2-1-3-11(13)17/h1-3,5,9,14-15H,4,6-8H2,(H,12,16). The maximum atomic E-state index is 11.3. The second-order valence-electron chi connectivity index (χ2n) is 3.62. The molecule has 0 aromatic carbocycles. The lowest BCUT2D eigenvalue weighted by atomic mass is 10.3. The fraction of sp³-hybridized carbons (Fsp3) is 0.455. The van der Waals surface area contributed by atoms with Gasteiger partial charge in [-0.25, -0.2) is 0 Å². The van der Waals surface area contributed by atoms with Gasteiger partial charge in [-0.05, 0) is 6.07 Å². The molecule has 0 saturated heterocycles. The van der Waals surface area contributed by atoms with Crippen molar-refractivity contribution < 1.29 is 15.0 Å². The Morgan fingerprint density at radius 2 is 2.24 bits per heavy atom. The highest BCUT2D eigenvalue weighted by Crippen LogP contribution is 1.88. The number of aromatic nitrogens is 1. The number of rotatable bonds is 6. The van der Waals surface area contributed by atoms with Crippen LogP contribution in [-0.4, -0.2) is 39.9 Å². The van der Waals surface area contributed by atoms with Crippen molar-refractivity contribution in [3.63, 3.8) is 0 Å². The van der Waals surface area contributed by atoms with E-state index < -0.39 is 12.7 Å². The van der Waals surface area contributed by atoms with Crippen LogP contribution in [0.5, 0.6) is 0 Å². The van der Waals surface area contributed by atoms with Gasteiger partial charge in [0.05, 0.1) is 12.7 Å². The highest BCUT2D eigenvalue weighted by molar-refractivity contribution is 5.75. The lowest BCUT2D eigenvalue weighted by molar-refractivity contribution is -0.121. The normalized spacial score (nSPS) is 12.1. The molecule has 1 amide bonds. The third-order valence-electron chi connectivity index (χ3n) is 2.22. The molecule has 1 heterocycles. The van der Waals surface area contributed by atoms with E-state index in [0.29, 0.717) is 6.54 Å². The number of hydrogen-bond acceptors (Lipinski definition) is 4. The van der Waals surface area contributed by atoms with Crippen LogP contribution in [0.3, 0.4) is 0 Å². The molecule has 1 rings (SSSR count). The largest absolute Gasteiger partial charge is 0.394 e. The number of carbonyl (C=O) groups excluding carboxylic acids is 1. The van der Waals surface area contributed by atoms with Gasteiger partial charge in [0.2, 0.25) is 5.91 Å². The lowest BCUT2D eigenvalue weighted by Gasteiger charge is -2.09. The summed E-state index contributed by atoms with van der Waals surface area (Å²) < 4.78 is 1.43. The minimum Gasteiger partial charge on any atom is -0.394 e. The number of pyridine rings is 1. The molecule has 1 aromatic heterocycles. The zero-order valence-corrected chi connectivity index (χ0v) is 9.37. The van der Waals surface area contributed by atoms with E-state index in [-0.39, 0.29) is 24.4 Å². The summed E-state index contributed by atoms with van der Waals surface area (Å²) in [6, 6.07) is 4.78. The zero-order valence-electron chi connectivity index (χ0n) is 9.37. The molecule has 1 aromatic rings. The molecule has 1 unspecified atom stereocenters. The first-order valence-electron chi connectivity index (χ1n) is 5.34. The number of nitrogens with zero attached hydrogens (tertiary/aromatic N) is 1. The van der Waals surface area contributed by atoms with Crippen molar-refractivity contribution >= 4 is 5.91 Å². The highest BCUT2D eigenvalue weighted by Gasteiger charge is 2.06. The van der Waals surface area contributed by atoms with E-state index in [2.05, 4.69) is 5.32 Å². The number of amides is 1. The van der Waals surface area contributed by atoms with Crippen LogP contribution in [0.25, 0.3) is 0 Å². The maximum Gasteiger partial charge on any atom is 0.250 e. The molecular weight excluding hydrogens is 224 g/mol. The minimum atomic E-state index is -0.946. The van der Waals surface area contributed by atoms with Gasteiger partial charge in [-0.3, -0.25) is 9.59 Å². The summed E-state index contributed by atoms with van der Waals surface area (Å²) in [4.78, 5) is 22.6. The molecule has 6 heteroatoms. The van der Waals surface area contributed by atoms with Crippen LogP contribution in [0.2, 0.25) is 0 Å². The fourth-order valence-corrected chi connectivity index (χ4v) is 1.25. The van der Waals surface area contributed by atoms with Crippen LogP contribution in [-0.2, 0) is 11.3 Å². The van der Waals surface area contributed by atoms with Crippen molar-refractivity contribution in [2.45, 2.75) is 19.1 Å². The van der Waals surface area contributed by atoms with E-state index in [1.807, 2.05) is 0 Å². The summed E-state index contributed by atoms with van der Waals surface area (Å²) in [6.07, 6.45) is 0.818. The number of carbonyl (C=O) groups is 1. The first-order valence-corrected chi connectivity index (χ1v) is 5.34. The number of hydrogen-bond donors (Lipinski definition) is 3. The van der Waals surface area contributed by atoms with E-state index in [9.17, 15) is 9.59 Å². The number of aliphatic hydroxyl groups excluding tert-OH is 2. The first-order chi connectivity index (χ1) is 8.13. The monoisotopic (exact) mass is 240 g/mol. The van der Waals surface area contributed by atoms with E-state index in [4.69, 9.17) is 10.2 Å².